The maximum Gasteiger partial charge on any atom is 0.326 e. The summed E-state index contributed by atoms with van der Waals surface area (Å²) in [6.07, 6.45) is 0. The first-order valence-electron chi connectivity index (χ1n) is 34.8. The molecule has 6 bridgehead atoms. The van der Waals surface area contributed by atoms with Crippen molar-refractivity contribution >= 4 is 283 Å². The van der Waals surface area contributed by atoms with Crippen LogP contribution in [0.4, 0.5) is 0 Å². The van der Waals surface area contributed by atoms with E-state index in [4.69, 9.17) is 47.4 Å². The first-order valence-corrected chi connectivity index (χ1v) is 34.8. The third kappa shape index (κ3) is 2.72. The molecule has 24 aromatic rings. The van der Waals surface area contributed by atoms with Crippen molar-refractivity contribution in [2.45, 2.75) is 21.7 Å². The predicted octanol–water partition coefficient (Wildman–Crippen LogP) is 13.1. The van der Waals surface area contributed by atoms with Crippen LogP contribution in [-0.2, 0) is 88.2 Å². The molecule has 14 nitrogen and oxygen atoms in total. The monoisotopic (exact) mass is 1240 g/mol. The van der Waals surface area contributed by atoms with Gasteiger partial charge in [0.25, 0.3) is 0 Å². The third-order valence-electron chi connectivity index (χ3n) is 30.8. The van der Waals surface area contributed by atoms with Crippen LogP contribution < -0.4 is 0 Å². The number of rotatable bonds is 0. The predicted molar refractivity (Wildman–Crippen MR) is 361 cm³/mol. The molecule has 12 aliphatic rings. The average molecular weight is 1240 g/mol. The smallest absolute Gasteiger partial charge is 0.326 e. The zero-order chi connectivity index (χ0) is 60.0. The number of carbonyl (C=O) groups excluding carboxylic acids is 4. The molecular weight excluding hydrogens is 1210 g/mol. The maximum absolute atomic E-state index is 17.9. The van der Waals surface area contributed by atoms with Gasteiger partial charge in [-0.25, -0.2) is 0 Å². The van der Waals surface area contributed by atoms with Gasteiger partial charge in [0.05, 0.1) is 101 Å². The summed E-state index contributed by atoms with van der Waals surface area (Å²) in [6.45, 7) is 1.73. The van der Waals surface area contributed by atoms with Crippen molar-refractivity contribution in [1.29, 1.82) is 0 Å². The Morgan fingerprint density at radius 3 is 0.521 bits per heavy atom. The lowest BCUT2D eigenvalue weighted by molar-refractivity contribution is -0.169. The highest BCUT2D eigenvalue weighted by Crippen LogP contribution is 3.05. The minimum Gasteiger partial charge on any atom is -0.462 e. The van der Waals surface area contributed by atoms with Gasteiger partial charge in [-0.15, -0.1) is 0 Å². The van der Waals surface area contributed by atoms with E-state index in [1.54, 1.807) is 0 Å². The van der Waals surface area contributed by atoms with Crippen LogP contribution in [0.25, 0.3) is 259 Å². The number of cyclic esters (lactones) is 4. The molecular formula is C82H32O14. The van der Waals surface area contributed by atoms with Crippen molar-refractivity contribution in [3.8, 4) is 0 Å². The Kier molecular flexibility index (Phi) is 5.09. The van der Waals surface area contributed by atoms with E-state index in [0.29, 0.717) is 0 Å². The Hall–Kier alpha value is -9.64. The summed E-state index contributed by atoms with van der Waals surface area (Å²) in [5.74, 6) is -2.58. The molecule has 2 saturated carbocycles. The molecule has 10 aliphatic carbocycles. The Balaban J connectivity index is 0.905. The van der Waals surface area contributed by atoms with Crippen LogP contribution in [0, 0.1) is 10.8 Å². The topological polar surface area (TPSA) is 161 Å². The summed E-state index contributed by atoms with van der Waals surface area (Å²) in [4.78, 5) is 71.5. The molecule has 2 aliphatic heterocycles. The molecule has 96 heavy (non-hydrogen) atoms. The lowest BCUT2D eigenvalue weighted by atomic mass is 9.60. The Morgan fingerprint density at radius 2 is 0.312 bits per heavy atom. The SMILES string of the molecule is O=C1OCCOCCOCCOCCOC(=O)C23C(=O)OCCOCCOCCOCCOC(=O)C14C15C6=C7c8c9c%10c%11c(c%12c%13c1c1c6c6c%14c%15c%16c%17c%18c(c8c8c%10c%10c%19c%11c%11c%12c%12c%13c%13c1c%14c1c%14c%15c%15c%17c%17c%18c8c%10c8c%17c%10c%15c%14c%14c(c%131)c%12c1c%11c%19c8c%10c1%14)C72C6%163)C945. The quantitative estimate of drug-likeness (QED) is 0.0610. The van der Waals surface area contributed by atoms with E-state index >= 15 is 19.2 Å². The van der Waals surface area contributed by atoms with E-state index in [1.165, 1.54) is 205 Å². The fourth-order valence-corrected chi connectivity index (χ4v) is 30.3. The van der Waals surface area contributed by atoms with Crippen LogP contribution >= 0.6 is 0 Å². The van der Waals surface area contributed by atoms with Crippen LogP contribution in [0.15, 0.2) is 0 Å². The van der Waals surface area contributed by atoms with Crippen LogP contribution in [0.1, 0.15) is 44.5 Å². The van der Waals surface area contributed by atoms with Gasteiger partial charge in [-0.2, -0.15) is 0 Å². The lowest BCUT2D eigenvalue weighted by Gasteiger charge is -2.39. The summed E-state index contributed by atoms with van der Waals surface area (Å²) < 4.78 is 65.2. The fraction of sp³-hybridized carbons (Fsp3) is 0.268. The zero-order valence-corrected chi connectivity index (χ0v) is 50.0. The number of benzene rings is 16. The van der Waals surface area contributed by atoms with Crippen molar-refractivity contribution in [2.75, 3.05) is 106 Å². The van der Waals surface area contributed by atoms with Crippen molar-refractivity contribution in [3.05, 3.63) is 44.5 Å². The van der Waals surface area contributed by atoms with E-state index in [1.807, 2.05) is 0 Å². The molecule has 0 aromatic heterocycles. The Labute approximate surface area is 529 Å². The molecule has 4 spiro atoms. The van der Waals surface area contributed by atoms with E-state index in [-0.39, 0.29) is 106 Å². The Bertz CT molecular complexity index is 7660. The zero-order valence-electron chi connectivity index (χ0n) is 50.0. The van der Waals surface area contributed by atoms with E-state index in [9.17, 15) is 0 Å². The number of hydrogen-bond donors (Lipinski definition) is 0. The van der Waals surface area contributed by atoms with Crippen molar-refractivity contribution in [3.63, 3.8) is 0 Å². The van der Waals surface area contributed by atoms with Crippen LogP contribution in [0.5, 0.6) is 0 Å². The molecule has 0 saturated heterocycles. The van der Waals surface area contributed by atoms with Gasteiger partial charge in [0.1, 0.15) is 26.4 Å². The molecule has 0 N–H and O–H groups in total. The van der Waals surface area contributed by atoms with Gasteiger partial charge in [0, 0.05) is 0 Å². The first-order chi connectivity index (χ1) is 47.6. The second-order valence-electron chi connectivity index (χ2n) is 31.7. The highest BCUT2D eigenvalue weighted by Gasteiger charge is 3.08. The number of ether oxygens (including phenoxy) is 10. The molecule has 444 valence electrons. The molecule has 24 aromatic carbocycles. The molecule has 36 rings (SSSR count). The van der Waals surface area contributed by atoms with E-state index < -0.39 is 56.4 Å². The average Bonchev–Trinajstić information content (AvgIpc) is 1.34. The standard InChI is InChI=1S/C82H32O14/c83-73-81-74(84)95-15-11-91-7-3-88-4-8-92-12-16-96-76(86)82(75(85)94-14-10-90-6-2-87-1-5-89-9-13-93-73)78-66-54-46-38-30-22-17-18-20-23-27-21(18)29-25-19(17)24-28(22)40(46)48-42-31(24)35-33(25)43-37(29)45-39(27)47-41-32(23)36-34(26(20)30)44(38)58(66)60-50(36)51(41)61-64(70(60)78)71-72-63-62(68(56(48)54)80(72,78)82)52(42)49(35)59-57(43)65-53(45)55(47)67(61)79(71,81)77(65,81)69(59)63/h1-16H2. The maximum atomic E-state index is 17.9. The van der Waals surface area contributed by atoms with Crippen LogP contribution in [-0.4, -0.2) is 130 Å². The van der Waals surface area contributed by atoms with E-state index in [0.717, 1.165) is 98.7 Å². The lowest BCUT2D eigenvalue weighted by Crippen LogP contribution is -2.39. The second kappa shape index (κ2) is 11.3. The van der Waals surface area contributed by atoms with E-state index in [2.05, 4.69) is 0 Å². The van der Waals surface area contributed by atoms with Gasteiger partial charge in [0.2, 0.25) is 0 Å². The summed E-state index contributed by atoms with van der Waals surface area (Å²) >= 11 is 0. The van der Waals surface area contributed by atoms with Gasteiger partial charge >= 0.3 is 23.9 Å². The van der Waals surface area contributed by atoms with Gasteiger partial charge in [-0.3, -0.25) is 19.2 Å². The Morgan fingerprint density at radius 1 is 0.156 bits per heavy atom. The molecule has 2 fully saturated rings. The molecule has 0 radical (unpaired) electrons. The summed E-state index contributed by atoms with van der Waals surface area (Å²) in [5.41, 5.74) is -0.308. The number of carbonyl (C=O) groups is 4. The summed E-state index contributed by atoms with van der Waals surface area (Å²) in [7, 11) is 0. The first kappa shape index (κ1) is 43.4. The molecule has 4 atom stereocenters. The van der Waals surface area contributed by atoms with Crippen molar-refractivity contribution < 1.29 is 66.5 Å². The van der Waals surface area contributed by atoms with Gasteiger partial charge < -0.3 is 47.4 Å². The minimum atomic E-state index is -2.11. The summed E-state index contributed by atoms with van der Waals surface area (Å²) in [6, 6.07) is 0. The summed E-state index contributed by atoms with van der Waals surface area (Å²) in [5, 5.41) is 58.9. The van der Waals surface area contributed by atoms with Crippen LogP contribution in [0.3, 0.4) is 0 Å². The molecule has 0 amide bonds. The molecule has 14 heteroatoms. The highest BCUT2D eigenvalue weighted by molar-refractivity contribution is 6.80. The number of allylic oxidation sites excluding steroid dienone is 2. The highest BCUT2D eigenvalue weighted by atomic mass is 16.6. The number of hydrogen-bond acceptors (Lipinski definition) is 14. The minimum absolute atomic E-state index is 0.0636. The van der Waals surface area contributed by atoms with Gasteiger partial charge in [-0.05, 0) is 303 Å². The molecule has 2 heterocycles. The second-order valence-corrected chi connectivity index (χ2v) is 31.7. The van der Waals surface area contributed by atoms with Crippen molar-refractivity contribution in [2.24, 2.45) is 10.8 Å². The van der Waals surface area contributed by atoms with Crippen LogP contribution in [0.2, 0.25) is 0 Å². The normalized spacial score (nSPS) is 30.6. The largest absolute Gasteiger partial charge is 0.462 e. The van der Waals surface area contributed by atoms with Gasteiger partial charge in [-0.1, -0.05) is 0 Å². The fourth-order valence-electron chi connectivity index (χ4n) is 30.3. The van der Waals surface area contributed by atoms with Crippen molar-refractivity contribution in [1.82, 2.24) is 0 Å². The molecule has 4 unspecified atom stereocenters. The van der Waals surface area contributed by atoms with Gasteiger partial charge in [0.15, 0.2) is 10.8 Å². The number of esters is 4. The third-order valence-corrected chi connectivity index (χ3v) is 30.8.